The monoisotopic (exact) mass is 471 g/mol. The Bertz CT molecular complexity index is 1250. The molecule has 0 bridgehead atoms. The number of carbonyl (C=O) groups is 1. The number of carbonyl (C=O) groups excluding carboxylic acids is 1. The fourth-order valence-electron chi connectivity index (χ4n) is 2.91. The third-order valence-electron chi connectivity index (χ3n) is 4.53. The second-order valence-corrected chi connectivity index (χ2v) is 6.78. The molecule has 0 aliphatic carbocycles. The maximum atomic E-state index is 13.4. The van der Waals surface area contributed by atoms with Gasteiger partial charge < -0.3 is 4.90 Å². The van der Waals surface area contributed by atoms with Crippen molar-refractivity contribution in [2.75, 3.05) is 11.9 Å². The Labute approximate surface area is 181 Å². The highest BCUT2D eigenvalue weighted by Gasteiger charge is 2.41. The van der Waals surface area contributed by atoms with Crippen LogP contribution in [0.5, 0.6) is 0 Å². The number of alkyl halides is 6. The van der Waals surface area contributed by atoms with Crippen LogP contribution >= 0.6 is 0 Å². The number of hydrogen-bond acceptors (Lipinski definition) is 4. The van der Waals surface area contributed by atoms with Gasteiger partial charge in [0, 0.05) is 18.4 Å². The summed E-state index contributed by atoms with van der Waals surface area (Å²) in [6.07, 6.45) is -10.5. The van der Waals surface area contributed by atoms with E-state index in [9.17, 15) is 40.8 Å². The molecule has 33 heavy (non-hydrogen) atoms. The lowest BCUT2D eigenvalue weighted by molar-refractivity contribution is -0.145. The number of halogens is 7. The van der Waals surface area contributed by atoms with Crippen LogP contribution in [0.2, 0.25) is 0 Å². The van der Waals surface area contributed by atoms with Crippen LogP contribution in [0, 0.1) is 24.1 Å². The predicted molar refractivity (Wildman–Crippen MR) is 99.9 cm³/mol. The van der Waals surface area contributed by atoms with Crippen molar-refractivity contribution in [1.29, 1.82) is 5.26 Å². The molecular formula is C20H12F7N5O. The first kappa shape index (κ1) is 23.7. The lowest BCUT2D eigenvalue weighted by Crippen LogP contribution is -2.26. The molecule has 0 N–H and O–H groups in total. The number of pyridine rings is 1. The molecule has 1 amide bonds. The highest BCUT2D eigenvalue weighted by molar-refractivity contribution is 6.04. The van der Waals surface area contributed by atoms with Crippen molar-refractivity contribution >= 4 is 11.6 Å². The van der Waals surface area contributed by atoms with Crippen LogP contribution in [-0.2, 0) is 12.4 Å². The summed E-state index contributed by atoms with van der Waals surface area (Å²) in [5, 5.41) is 13.1. The molecule has 0 atom stereocenters. The van der Waals surface area contributed by atoms with Gasteiger partial charge >= 0.3 is 12.4 Å². The van der Waals surface area contributed by atoms with Gasteiger partial charge in [-0.3, -0.25) is 4.79 Å². The van der Waals surface area contributed by atoms with Crippen LogP contribution < -0.4 is 4.90 Å². The third-order valence-corrected chi connectivity index (χ3v) is 4.53. The maximum absolute atomic E-state index is 13.4. The summed E-state index contributed by atoms with van der Waals surface area (Å²) in [6.45, 7) is 1.26. The first-order valence-electron chi connectivity index (χ1n) is 8.94. The van der Waals surface area contributed by atoms with E-state index < -0.39 is 46.7 Å². The number of nitriles is 1. The van der Waals surface area contributed by atoms with Crippen molar-refractivity contribution < 1.29 is 35.5 Å². The summed E-state index contributed by atoms with van der Waals surface area (Å²) in [5.74, 6) is -2.37. The number of anilines is 1. The molecule has 0 saturated carbocycles. The molecule has 0 spiro atoms. The van der Waals surface area contributed by atoms with E-state index in [-0.39, 0.29) is 23.1 Å². The molecule has 0 aliphatic heterocycles. The summed E-state index contributed by atoms with van der Waals surface area (Å²) in [4.78, 5) is 17.0. The molecule has 0 radical (unpaired) electrons. The third kappa shape index (κ3) is 4.64. The Hall–Kier alpha value is -3.95. The Balaban J connectivity index is 2.15. The van der Waals surface area contributed by atoms with Crippen molar-refractivity contribution in [3.05, 3.63) is 70.4 Å². The van der Waals surface area contributed by atoms with Crippen molar-refractivity contribution in [1.82, 2.24) is 14.8 Å². The average molecular weight is 471 g/mol. The van der Waals surface area contributed by atoms with Crippen LogP contribution in [0.15, 0.2) is 36.4 Å². The van der Waals surface area contributed by atoms with Crippen molar-refractivity contribution in [2.45, 2.75) is 19.3 Å². The number of nitrogens with zero attached hydrogens (tertiary/aromatic N) is 5. The predicted octanol–water partition coefficient (Wildman–Crippen LogP) is 4.90. The highest BCUT2D eigenvalue weighted by atomic mass is 19.4. The van der Waals surface area contributed by atoms with Gasteiger partial charge in [0.25, 0.3) is 5.91 Å². The normalized spacial score (nSPS) is 11.9. The Kier molecular flexibility index (Phi) is 5.89. The number of aryl methyl sites for hydroxylation is 1. The van der Waals surface area contributed by atoms with Gasteiger partial charge in [0.1, 0.15) is 23.1 Å². The molecule has 3 rings (SSSR count). The summed E-state index contributed by atoms with van der Waals surface area (Å²) >= 11 is 0. The van der Waals surface area contributed by atoms with E-state index in [1.807, 2.05) is 0 Å². The molecule has 13 heteroatoms. The van der Waals surface area contributed by atoms with E-state index in [4.69, 9.17) is 0 Å². The Morgan fingerprint density at radius 3 is 2.18 bits per heavy atom. The minimum absolute atomic E-state index is 0.0534. The lowest BCUT2D eigenvalue weighted by Gasteiger charge is -2.16. The second-order valence-electron chi connectivity index (χ2n) is 6.78. The summed E-state index contributed by atoms with van der Waals surface area (Å²) in [6, 6.07) is 6.84. The van der Waals surface area contributed by atoms with E-state index in [1.54, 1.807) is 0 Å². The number of amides is 1. The van der Waals surface area contributed by atoms with Crippen LogP contribution in [-0.4, -0.2) is 27.7 Å². The average Bonchev–Trinajstić information content (AvgIpc) is 3.12. The van der Waals surface area contributed by atoms with Crippen molar-refractivity contribution in [3.8, 4) is 11.9 Å². The first-order chi connectivity index (χ1) is 15.2. The minimum atomic E-state index is -5.29. The molecule has 1 aromatic carbocycles. The summed E-state index contributed by atoms with van der Waals surface area (Å²) in [7, 11) is 1.31. The molecule has 3 aromatic rings. The van der Waals surface area contributed by atoms with Crippen LogP contribution in [0.25, 0.3) is 5.82 Å². The van der Waals surface area contributed by atoms with Gasteiger partial charge in [0.05, 0.1) is 5.56 Å². The number of hydrogen-bond donors (Lipinski definition) is 0. The van der Waals surface area contributed by atoms with Crippen LogP contribution in [0.3, 0.4) is 0 Å². The molecule has 2 heterocycles. The smallest absolute Gasteiger partial charge is 0.310 e. The Morgan fingerprint density at radius 2 is 1.67 bits per heavy atom. The zero-order valence-electron chi connectivity index (χ0n) is 16.8. The molecule has 0 aliphatic rings. The van der Waals surface area contributed by atoms with Crippen LogP contribution in [0.4, 0.5) is 36.4 Å². The summed E-state index contributed by atoms with van der Waals surface area (Å²) < 4.78 is 93.5. The standard InChI is InChI=1S/C20H12F7N5O/c1-10-7-15(18(33)31(2)12-5-3-11(21)4-6-12)30-32(10)17-13(9-28)14(19(22,23)24)8-16(29-17)20(25,26)27/h3-8H,1-2H3. The van der Waals surface area contributed by atoms with Crippen LogP contribution in [0.1, 0.15) is 33.0 Å². The number of aromatic nitrogens is 3. The van der Waals surface area contributed by atoms with E-state index in [1.165, 1.54) is 32.2 Å². The van der Waals surface area contributed by atoms with Crippen molar-refractivity contribution in [3.63, 3.8) is 0 Å². The van der Waals surface area contributed by atoms with E-state index in [2.05, 4.69) is 10.1 Å². The molecule has 0 fully saturated rings. The minimum Gasteiger partial charge on any atom is -0.310 e. The molecular weight excluding hydrogens is 459 g/mol. The number of benzene rings is 1. The summed E-state index contributed by atoms with van der Waals surface area (Å²) in [5.41, 5.74) is -5.06. The fraction of sp³-hybridized carbons (Fsp3) is 0.200. The van der Waals surface area contributed by atoms with Gasteiger partial charge in [-0.1, -0.05) is 0 Å². The van der Waals surface area contributed by atoms with Crippen molar-refractivity contribution in [2.24, 2.45) is 0 Å². The lowest BCUT2D eigenvalue weighted by atomic mass is 10.1. The van der Waals surface area contributed by atoms with Gasteiger partial charge in [-0.15, -0.1) is 0 Å². The van der Waals surface area contributed by atoms with Gasteiger partial charge in [-0.05, 0) is 43.3 Å². The number of rotatable bonds is 3. The molecule has 2 aromatic heterocycles. The van der Waals surface area contributed by atoms with Gasteiger partial charge in [0.15, 0.2) is 11.5 Å². The fourth-order valence-corrected chi connectivity index (χ4v) is 2.91. The largest absolute Gasteiger partial charge is 0.433 e. The van der Waals surface area contributed by atoms with Gasteiger partial charge in [-0.2, -0.15) is 36.7 Å². The first-order valence-corrected chi connectivity index (χ1v) is 8.94. The molecule has 6 nitrogen and oxygen atoms in total. The quantitative estimate of drug-likeness (QED) is 0.510. The van der Waals surface area contributed by atoms with Gasteiger partial charge in [0.2, 0.25) is 0 Å². The maximum Gasteiger partial charge on any atom is 0.433 e. The molecule has 0 unspecified atom stereocenters. The topological polar surface area (TPSA) is 74.8 Å². The SMILES string of the molecule is Cc1cc(C(=O)N(C)c2ccc(F)cc2)nn1-c1nc(C(F)(F)F)cc(C(F)(F)F)c1C#N. The Morgan fingerprint density at radius 1 is 1.06 bits per heavy atom. The van der Waals surface area contributed by atoms with E-state index >= 15 is 0 Å². The zero-order chi connectivity index (χ0) is 24.7. The van der Waals surface area contributed by atoms with E-state index in [0.29, 0.717) is 4.68 Å². The molecule has 0 saturated heterocycles. The second kappa shape index (κ2) is 8.19. The van der Waals surface area contributed by atoms with Gasteiger partial charge in [-0.25, -0.2) is 14.1 Å². The molecule has 172 valence electrons. The highest BCUT2D eigenvalue weighted by Crippen LogP contribution is 2.38. The zero-order valence-corrected chi connectivity index (χ0v) is 16.8. The van der Waals surface area contributed by atoms with E-state index in [0.717, 1.165) is 23.1 Å².